The number of ether oxygens (including phenoxy) is 2. The van der Waals surface area contributed by atoms with Gasteiger partial charge >= 0.3 is 11.9 Å². The van der Waals surface area contributed by atoms with Crippen molar-refractivity contribution in [2.75, 3.05) is 6.61 Å². The molecule has 0 heterocycles. The van der Waals surface area contributed by atoms with Crippen LogP contribution >= 0.6 is 0 Å². The molecule has 1 unspecified atom stereocenters. The van der Waals surface area contributed by atoms with Crippen LogP contribution < -0.4 is 5.73 Å². The van der Waals surface area contributed by atoms with E-state index in [0.717, 1.165) is 25.7 Å². The van der Waals surface area contributed by atoms with Gasteiger partial charge in [-0.05, 0) is 43.5 Å². The maximum atomic E-state index is 11.9. The molecule has 0 aliphatic carbocycles. The quantitative estimate of drug-likeness (QED) is 0.219. The van der Waals surface area contributed by atoms with Crippen molar-refractivity contribution in [1.29, 1.82) is 0 Å². The summed E-state index contributed by atoms with van der Waals surface area (Å²) in [6.45, 7) is 0.489. The third-order valence-corrected chi connectivity index (χ3v) is 5.14. The third kappa shape index (κ3) is 10.8. The molecule has 1 atom stereocenters. The first kappa shape index (κ1) is 24.6. The normalized spacial score (nSPS) is 11.6. The number of carbonyl (C=O) groups excluding carboxylic acids is 2. The van der Waals surface area contributed by atoms with Crippen molar-refractivity contribution in [2.24, 2.45) is 5.73 Å². The van der Waals surface area contributed by atoms with Crippen LogP contribution in [0.1, 0.15) is 84.9 Å². The first-order chi connectivity index (χ1) is 15.2. The molecule has 0 aromatic heterocycles. The van der Waals surface area contributed by atoms with Crippen molar-refractivity contribution < 1.29 is 19.1 Å². The second kappa shape index (κ2) is 15.2. The maximum absolute atomic E-state index is 11.9. The third-order valence-electron chi connectivity index (χ3n) is 5.14. The Morgan fingerprint density at radius 1 is 0.645 bits per heavy atom. The fourth-order valence-corrected chi connectivity index (χ4v) is 3.35. The van der Waals surface area contributed by atoms with Gasteiger partial charge in [-0.2, -0.15) is 0 Å². The molecule has 31 heavy (non-hydrogen) atoms. The highest BCUT2D eigenvalue weighted by molar-refractivity contribution is 5.89. The van der Waals surface area contributed by atoms with E-state index >= 15 is 0 Å². The van der Waals surface area contributed by atoms with E-state index in [2.05, 4.69) is 0 Å². The van der Waals surface area contributed by atoms with Crippen molar-refractivity contribution in [3.63, 3.8) is 0 Å². The molecule has 0 fully saturated rings. The Kier molecular flexibility index (Phi) is 12.1. The van der Waals surface area contributed by atoms with Crippen LogP contribution in [0, 0.1) is 0 Å². The summed E-state index contributed by atoms with van der Waals surface area (Å²) in [6.07, 6.45) is 10.2. The second-order valence-corrected chi connectivity index (χ2v) is 7.78. The Bertz CT molecular complexity index is 749. The van der Waals surface area contributed by atoms with Gasteiger partial charge in [-0.15, -0.1) is 0 Å². The molecule has 0 spiro atoms. The SMILES string of the molecule is NC(CCCCCCCCCCCOC(=O)c1ccccc1)OC(=O)c1ccccc1. The van der Waals surface area contributed by atoms with Gasteiger partial charge in [0.05, 0.1) is 17.7 Å². The smallest absolute Gasteiger partial charge is 0.339 e. The number of hydrogen-bond donors (Lipinski definition) is 1. The zero-order chi connectivity index (χ0) is 22.2. The Morgan fingerprint density at radius 3 is 1.65 bits per heavy atom. The van der Waals surface area contributed by atoms with Crippen molar-refractivity contribution in [3.05, 3.63) is 71.8 Å². The fourth-order valence-electron chi connectivity index (χ4n) is 3.35. The van der Waals surface area contributed by atoms with Crippen LogP contribution in [0.15, 0.2) is 60.7 Å². The summed E-state index contributed by atoms with van der Waals surface area (Å²) in [5, 5.41) is 0. The molecule has 0 saturated heterocycles. The Labute approximate surface area is 185 Å². The number of unbranched alkanes of at least 4 members (excludes halogenated alkanes) is 8. The van der Waals surface area contributed by atoms with Gasteiger partial charge in [0.2, 0.25) is 0 Å². The molecule has 2 N–H and O–H groups in total. The molecule has 5 nitrogen and oxygen atoms in total. The molecule has 2 rings (SSSR count). The molecule has 0 bridgehead atoms. The Balaban J connectivity index is 1.36. The number of benzene rings is 2. The van der Waals surface area contributed by atoms with Crippen LogP contribution in [-0.4, -0.2) is 24.8 Å². The molecule has 0 amide bonds. The van der Waals surface area contributed by atoms with Gasteiger partial charge in [0.15, 0.2) is 6.23 Å². The summed E-state index contributed by atoms with van der Waals surface area (Å²) < 4.78 is 10.6. The lowest BCUT2D eigenvalue weighted by atomic mass is 10.1. The molecule has 2 aromatic rings. The summed E-state index contributed by atoms with van der Waals surface area (Å²) in [5.74, 6) is -0.599. The average Bonchev–Trinajstić information content (AvgIpc) is 2.80. The summed E-state index contributed by atoms with van der Waals surface area (Å²) >= 11 is 0. The highest BCUT2D eigenvalue weighted by Gasteiger charge is 2.11. The summed E-state index contributed by atoms with van der Waals surface area (Å²) in [4.78, 5) is 23.7. The molecule has 0 aliphatic heterocycles. The number of carbonyl (C=O) groups is 2. The van der Waals surface area contributed by atoms with Crippen LogP contribution in [0.2, 0.25) is 0 Å². The van der Waals surface area contributed by atoms with E-state index in [1.165, 1.54) is 32.1 Å². The van der Waals surface area contributed by atoms with Crippen molar-refractivity contribution in [3.8, 4) is 0 Å². The summed E-state index contributed by atoms with van der Waals surface area (Å²) in [5.41, 5.74) is 7.05. The van der Waals surface area contributed by atoms with Crippen molar-refractivity contribution in [1.82, 2.24) is 0 Å². The highest BCUT2D eigenvalue weighted by atomic mass is 16.6. The van der Waals surface area contributed by atoms with Gasteiger partial charge in [-0.25, -0.2) is 9.59 Å². The van der Waals surface area contributed by atoms with E-state index in [1.54, 1.807) is 24.3 Å². The van der Waals surface area contributed by atoms with Gasteiger partial charge in [-0.1, -0.05) is 81.3 Å². The van der Waals surface area contributed by atoms with E-state index < -0.39 is 6.23 Å². The minimum atomic E-state index is -0.538. The van der Waals surface area contributed by atoms with Crippen molar-refractivity contribution in [2.45, 2.75) is 70.4 Å². The van der Waals surface area contributed by atoms with Crippen LogP contribution in [0.25, 0.3) is 0 Å². The van der Waals surface area contributed by atoms with Crippen LogP contribution in [0.4, 0.5) is 0 Å². The van der Waals surface area contributed by atoms with Crippen LogP contribution in [0.5, 0.6) is 0 Å². The van der Waals surface area contributed by atoms with E-state index in [4.69, 9.17) is 15.2 Å². The maximum Gasteiger partial charge on any atom is 0.339 e. The molecule has 168 valence electrons. The average molecular weight is 426 g/mol. The summed E-state index contributed by atoms with van der Waals surface area (Å²) in [7, 11) is 0. The predicted octanol–water partition coefficient (Wildman–Crippen LogP) is 5.89. The second-order valence-electron chi connectivity index (χ2n) is 7.78. The summed E-state index contributed by atoms with van der Waals surface area (Å²) in [6, 6.07) is 18.0. The van der Waals surface area contributed by atoms with E-state index in [1.807, 2.05) is 36.4 Å². The molecule has 5 heteroatoms. The first-order valence-electron chi connectivity index (χ1n) is 11.4. The molecular formula is C26H35NO4. The van der Waals surface area contributed by atoms with Crippen LogP contribution in [-0.2, 0) is 9.47 Å². The lowest BCUT2D eigenvalue weighted by molar-refractivity contribution is 0.0291. The van der Waals surface area contributed by atoms with Gasteiger partial charge in [0, 0.05) is 0 Å². The van der Waals surface area contributed by atoms with E-state index in [0.29, 0.717) is 24.2 Å². The topological polar surface area (TPSA) is 78.6 Å². The minimum Gasteiger partial charge on any atom is -0.462 e. The largest absolute Gasteiger partial charge is 0.462 e. The molecule has 0 radical (unpaired) electrons. The van der Waals surface area contributed by atoms with E-state index in [-0.39, 0.29) is 11.9 Å². The number of hydrogen-bond acceptors (Lipinski definition) is 5. The Morgan fingerprint density at radius 2 is 1.10 bits per heavy atom. The van der Waals surface area contributed by atoms with Crippen LogP contribution in [0.3, 0.4) is 0 Å². The van der Waals surface area contributed by atoms with Gasteiger partial charge in [0.25, 0.3) is 0 Å². The van der Waals surface area contributed by atoms with Gasteiger partial charge in [0.1, 0.15) is 0 Å². The number of nitrogens with two attached hydrogens (primary N) is 1. The molecule has 2 aromatic carbocycles. The number of rotatable bonds is 15. The van der Waals surface area contributed by atoms with E-state index in [9.17, 15) is 9.59 Å². The highest BCUT2D eigenvalue weighted by Crippen LogP contribution is 2.12. The zero-order valence-corrected chi connectivity index (χ0v) is 18.3. The lowest BCUT2D eigenvalue weighted by Crippen LogP contribution is -2.27. The monoisotopic (exact) mass is 425 g/mol. The lowest BCUT2D eigenvalue weighted by Gasteiger charge is -2.13. The molecule has 0 aliphatic rings. The number of esters is 2. The van der Waals surface area contributed by atoms with Crippen molar-refractivity contribution >= 4 is 11.9 Å². The predicted molar refractivity (Wildman–Crippen MR) is 123 cm³/mol. The minimum absolute atomic E-state index is 0.241. The van der Waals surface area contributed by atoms with Gasteiger partial charge < -0.3 is 9.47 Å². The van der Waals surface area contributed by atoms with Gasteiger partial charge in [-0.3, -0.25) is 5.73 Å². The standard InChI is InChI=1S/C26H35NO4/c27-24(31-26(29)23-18-12-9-13-19-23)20-14-6-4-2-1-3-5-7-15-21-30-25(28)22-16-10-8-11-17-22/h8-13,16-19,24H,1-7,14-15,20-21,27H2. The fraction of sp³-hybridized carbons (Fsp3) is 0.462. The molecular weight excluding hydrogens is 390 g/mol. The zero-order valence-electron chi connectivity index (χ0n) is 18.3. The Hall–Kier alpha value is -2.66. The molecule has 0 saturated carbocycles. The first-order valence-corrected chi connectivity index (χ1v) is 11.4.